The number of hydrogen-bond donors (Lipinski definition) is 1. The first-order valence-corrected chi connectivity index (χ1v) is 6.82. The molecule has 0 radical (unpaired) electrons. The van der Waals surface area contributed by atoms with Crippen LogP contribution >= 0.6 is 23.8 Å². The third kappa shape index (κ3) is 1.63. The fourth-order valence-electron chi connectivity index (χ4n) is 2.41. The maximum atomic E-state index is 12.5. The van der Waals surface area contributed by atoms with Crippen LogP contribution in [0.2, 0.25) is 5.02 Å². The number of nitrogens with one attached hydrogen (secondary N) is 1. The molecule has 0 aliphatic heterocycles. The normalized spacial score (nSPS) is 15.9. The van der Waals surface area contributed by atoms with E-state index in [2.05, 4.69) is 4.98 Å². The molecule has 1 saturated carbocycles. The average Bonchev–Trinajstić information content (AvgIpc) is 2.26. The van der Waals surface area contributed by atoms with Crippen molar-refractivity contribution in [3.8, 4) is 0 Å². The third-order valence-corrected chi connectivity index (χ3v) is 4.30. The molecule has 1 aliphatic carbocycles. The average molecular weight is 281 g/mol. The minimum Gasteiger partial charge on any atom is -0.331 e. The molecule has 94 valence electrons. The Hall–Kier alpha value is -1.13. The van der Waals surface area contributed by atoms with Gasteiger partial charge in [-0.3, -0.25) is 9.36 Å². The number of aryl methyl sites for hydroxylation is 1. The fourth-order valence-corrected chi connectivity index (χ4v) is 2.98. The maximum absolute atomic E-state index is 12.5. The van der Waals surface area contributed by atoms with Gasteiger partial charge in [-0.1, -0.05) is 17.7 Å². The largest absolute Gasteiger partial charge is 0.331 e. The van der Waals surface area contributed by atoms with Crippen LogP contribution in [0.5, 0.6) is 0 Å². The van der Waals surface area contributed by atoms with Crippen molar-refractivity contribution in [1.29, 1.82) is 0 Å². The molecule has 1 N–H and O–H groups in total. The van der Waals surface area contributed by atoms with E-state index in [1.54, 1.807) is 10.6 Å². The summed E-state index contributed by atoms with van der Waals surface area (Å²) in [4.78, 5) is 15.7. The summed E-state index contributed by atoms with van der Waals surface area (Å²) in [7, 11) is 0. The fraction of sp³-hybridized carbons (Fsp3) is 0.385. The summed E-state index contributed by atoms with van der Waals surface area (Å²) in [6.07, 6.45) is 3.20. The van der Waals surface area contributed by atoms with E-state index >= 15 is 0 Å². The molecule has 1 heterocycles. The van der Waals surface area contributed by atoms with E-state index in [-0.39, 0.29) is 11.6 Å². The van der Waals surface area contributed by atoms with Gasteiger partial charge >= 0.3 is 0 Å². The van der Waals surface area contributed by atoms with Gasteiger partial charge in [0.25, 0.3) is 5.56 Å². The van der Waals surface area contributed by atoms with Crippen LogP contribution in [0.25, 0.3) is 10.9 Å². The molecule has 3 rings (SSSR count). The second-order valence-electron chi connectivity index (χ2n) is 4.80. The van der Waals surface area contributed by atoms with E-state index in [1.165, 1.54) is 0 Å². The first kappa shape index (κ1) is 11.9. The highest BCUT2D eigenvalue weighted by Crippen LogP contribution is 2.31. The molecular formula is C13H13ClN2OS. The number of benzene rings is 1. The SMILES string of the molecule is Cc1ccc(Cl)c2c(=O)n(C3CCC3)c(=S)[nH]c12. The molecule has 1 aromatic heterocycles. The summed E-state index contributed by atoms with van der Waals surface area (Å²) >= 11 is 11.5. The molecule has 2 aromatic rings. The lowest BCUT2D eigenvalue weighted by Crippen LogP contribution is -2.30. The monoisotopic (exact) mass is 280 g/mol. The Morgan fingerprint density at radius 1 is 1.44 bits per heavy atom. The van der Waals surface area contributed by atoms with Crippen LogP contribution in [0, 0.1) is 11.7 Å². The molecule has 1 fully saturated rings. The van der Waals surface area contributed by atoms with Crippen LogP contribution in [0.3, 0.4) is 0 Å². The number of rotatable bonds is 1. The molecule has 3 nitrogen and oxygen atoms in total. The van der Waals surface area contributed by atoms with Gasteiger partial charge in [0.15, 0.2) is 4.77 Å². The quantitative estimate of drug-likeness (QED) is 0.808. The van der Waals surface area contributed by atoms with Crippen molar-refractivity contribution in [1.82, 2.24) is 9.55 Å². The maximum Gasteiger partial charge on any atom is 0.263 e. The van der Waals surface area contributed by atoms with Crippen molar-refractivity contribution in [2.24, 2.45) is 0 Å². The smallest absolute Gasteiger partial charge is 0.263 e. The number of halogens is 1. The van der Waals surface area contributed by atoms with Crippen molar-refractivity contribution >= 4 is 34.7 Å². The summed E-state index contributed by atoms with van der Waals surface area (Å²) in [6.45, 7) is 1.94. The molecule has 0 atom stereocenters. The number of nitrogens with zero attached hydrogens (tertiary/aromatic N) is 1. The number of hydrogen-bond acceptors (Lipinski definition) is 2. The second kappa shape index (κ2) is 4.21. The first-order valence-electron chi connectivity index (χ1n) is 6.03. The van der Waals surface area contributed by atoms with Crippen molar-refractivity contribution in [2.75, 3.05) is 0 Å². The highest BCUT2D eigenvalue weighted by molar-refractivity contribution is 7.71. The highest BCUT2D eigenvalue weighted by Gasteiger charge is 2.23. The minimum absolute atomic E-state index is 0.0628. The first-order chi connectivity index (χ1) is 8.59. The standard InChI is InChI=1S/C13H13ClN2OS/c1-7-5-6-9(14)10-11(7)15-13(18)16(12(10)17)8-3-2-4-8/h5-6,8H,2-4H2,1H3,(H,15,18). The van der Waals surface area contributed by atoms with E-state index in [0.717, 1.165) is 30.3 Å². The van der Waals surface area contributed by atoms with Crippen LogP contribution in [-0.2, 0) is 0 Å². The van der Waals surface area contributed by atoms with Gasteiger partial charge in [-0.25, -0.2) is 0 Å². The Balaban J connectivity index is 2.44. The van der Waals surface area contributed by atoms with Crippen LogP contribution < -0.4 is 5.56 Å². The Bertz CT molecular complexity index is 743. The van der Waals surface area contributed by atoms with E-state index in [1.807, 2.05) is 13.0 Å². The summed E-state index contributed by atoms with van der Waals surface area (Å²) in [5.41, 5.74) is 1.68. The van der Waals surface area contributed by atoms with Gasteiger partial charge in [0.1, 0.15) is 0 Å². The molecule has 0 spiro atoms. The van der Waals surface area contributed by atoms with Crippen LogP contribution in [-0.4, -0.2) is 9.55 Å². The predicted octanol–water partition coefficient (Wildman–Crippen LogP) is 3.75. The lowest BCUT2D eigenvalue weighted by molar-refractivity contribution is 0.302. The summed E-state index contributed by atoms with van der Waals surface area (Å²) < 4.78 is 2.19. The third-order valence-electron chi connectivity index (χ3n) is 3.69. The van der Waals surface area contributed by atoms with Gasteiger partial charge in [-0.15, -0.1) is 0 Å². The molecule has 1 aromatic carbocycles. The second-order valence-corrected chi connectivity index (χ2v) is 5.60. The van der Waals surface area contributed by atoms with Crippen LogP contribution in [0.15, 0.2) is 16.9 Å². The van der Waals surface area contributed by atoms with Crippen molar-refractivity contribution < 1.29 is 0 Å². The Morgan fingerprint density at radius 3 is 2.78 bits per heavy atom. The molecule has 0 saturated heterocycles. The zero-order valence-corrected chi connectivity index (χ0v) is 11.6. The van der Waals surface area contributed by atoms with E-state index in [9.17, 15) is 4.79 Å². The van der Waals surface area contributed by atoms with Crippen LogP contribution in [0.1, 0.15) is 30.9 Å². The minimum atomic E-state index is -0.0628. The van der Waals surface area contributed by atoms with Gasteiger partial charge in [0.2, 0.25) is 0 Å². The number of aromatic nitrogens is 2. The molecule has 5 heteroatoms. The van der Waals surface area contributed by atoms with Gasteiger partial charge < -0.3 is 4.98 Å². The van der Waals surface area contributed by atoms with Gasteiger partial charge in [-0.2, -0.15) is 0 Å². The van der Waals surface area contributed by atoms with E-state index in [0.29, 0.717) is 15.2 Å². The van der Waals surface area contributed by atoms with Crippen molar-refractivity contribution in [3.05, 3.63) is 37.8 Å². The van der Waals surface area contributed by atoms with Gasteiger partial charge in [0, 0.05) is 6.04 Å². The zero-order chi connectivity index (χ0) is 12.9. The lowest BCUT2D eigenvalue weighted by atomic mass is 9.93. The topological polar surface area (TPSA) is 37.8 Å². The highest BCUT2D eigenvalue weighted by atomic mass is 35.5. The predicted molar refractivity (Wildman–Crippen MR) is 76.0 cm³/mol. The zero-order valence-electron chi connectivity index (χ0n) is 10.00. The van der Waals surface area contributed by atoms with Gasteiger partial charge in [0.05, 0.1) is 15.9 Å². The number of H-pyrrole nitrogens is 1. The van der Waals surface area contributed by atoms with E-state index in [4.69, 9.17) is 23.8 Å². The Labute approximate surface area is 114 Å². The van der Waals surface area contributed by atoms with Gasteiger partial charge in [-0.05, 0) is 50.0 Å². The number of aromatic amines is 1. The molecular weight excluding hydrogens is 268 g/mol. The molecule has 0 bridgehead atoms. The molecule has 0 amide bonds. The summed E-state index contributed by atoms with van der Waals surface area (Å²) in [5, 5.41) is 1.04. The van der Waals surface area contributed by atoms with Crippen molar-refractivity contribution in [2.45, 2.75) is 32.2 Å². The summed E-state index contributed by atoms with van der Waals surface area (Å²) in [5.74, 6) is 0. The summed E-state index contributed by atoms with van der Waals surface area (Å²) in [6, 6.07) is 3.90. The molecule has 0 unspecified atom stereocenters. The number of fused-ring (bicyclic) bond motifs is 1. The van der Waals surface area contributed by atoms with Crippen LogP contribution in [0.4, 0.5) is 0 Å². The molecule has 1 aliphatic rings. The lowest BCUT2D eigenvalue weighted by Gasteiger charge is -2.27. The van der Waals surface area contributed by atoms with E-state index < -0.39 is 0 Å². The molecule has 18 heavy (non-hydrogen) atoms. The Morgan fingerprint density at radius 2 is 2.17 bits per heavy atom. The van der Waals surface area contributed by atoms with Crippen molar-refractivity contribution in [3.63, 3.8) is 0 Å². The Kier molecular flexibility index (Phi) is 2.79.